The molecule has 2 nitrogen and oxygen atoms in total. The largest absolute Gasteiger partial charge is 0.497 e. The first-order chi connectivity index (χ1) is 8.78. The zero-order chi connectivity index (χ0) is 12.8. The maximum atomic E-state index is 5.88. The van der Waals surface area contributed by atoms with Gasteiger partial charge in [-0.25, -0.2) is 0 Å². The van der Waals surface area contributed by atoms with Gasteiger partial charge in [0.2, 0.25) is 0 Å². The van der Waals surface area contributed by atoms with Crippen LogP contribution in [-0.4, -0.2) is 13.7 Å². The minimum absolute atomic E-state index is 0.861. The fourth-order valence-corrected chi connectivity index (χ4v) is 2.76. The van der Waals surface area contributed by atoms with Gasteiger partial charge in [0, 0.05) is 18.0 Å². The van der Waals surface area contributed by atoms with Gasteiger partial charge < -0.3 is 10.1 Å². The van der Waals surface area contributed by atoms with Crippen LogP contribution in [0.1, 0.15) is 10.4 Å². The topological polar surface area (TPSA) is 21.3 Å². The van der Waals surface area contributed by atoms with Crippen molar-refractivity contribution in [2.75, 3.05) is 13.7 Å². The van der Waals surface area contributed by atoms with Crippen molar-refractivity contribution >= 4 is 22.9 Å². The number of thiophene rings is 1. The third-order valence-electron chi connectivity index (χ3n) is 2.67. The number of rotatable bonds is 6. The van der Waals surface area contributed by atoms with E-state index in [1.165, 1.54) is 10.4 Å². The van der Waals surface area contributed by atoms with Crippen LogP contribution in [0, 0.1) is 0 Å². The normalized spacial score (nSPS) is 10.6. The highest BCUT2D eigenvalue weighted by molar-refractivity contribution is 7.16. The van der Waals surface area contributed by atoms with E-state index in [-0.39, 0.29) is 0 Å². The summed E-state index contributed by atoms with van der Waals surface area (Å²) in [4.78, 5) is 1.32. The lowest BCUT2D eigenvalue weighted by atomic mass is 10.2. The van der Waals surface area contributed by atoms with E-state index in [0.29, 0.717) is 0 Å². The predicted octanol–water partition coefficient (Wildman–Crippen LogP) is 3.74. The quantitative estimate of drug-likeness (QED) is 0.815. The molecule has 4 heteroatoms. The average molecular weight is 282 g/mol. The van der Waals surface area contributed by atoms with Crippen molar-refractivity contribution in [1.82, 2.24) is 5.32 Å². The molecular formula is C14H16ClNOS. The molecule has 0 unspecified atom stereocenters. The second-order valence-corrected chi connectivity index (χ2v) is 5.78. The van der Waals surface area contributed by atoms with E-state index in [1.807, 2.05) is 18.2 Å². The van der Waals surface area contributed by atoms with Crippen molar-refractivity contribution in [1.29, 1.82) is 0 Å². The molecule has 0 radical (unpaired) electrons. The van der Waals surface area contributed by atoms with Gasteiger partial charge in [0.15, 0.2) is 0 Å². The maximum Gasteiger partial charge on any atom is 0.118 e. The lowest BCUT2D eigenvalue weighted by molar-refractivity contribution is 0.414. The van der Waals surface area contributed by atoms with E-state index in [0.717, 1.165) is 29.6 Å². The van der Waals surface area contributed by atoms with E-state index >= 15 is 0 Å². The van der Waals surface area contributed by atoms with E-state index in [1.54, 1.807) is 18.4 Å². The first-order valence-electron chi connectivity index (χ1n) is 5.86. The smallest absolute Gasteiger partial charge is 0.118 e. The Morgan fingerprint density at radius 3 is 2.56 bits per heavy atom. The van der Waals surface area contributed by atoms with Gasteiger partial charge in [-0.3, -0.25) is 0 Å². The lowest BCUT2D eigenvalue weighted by Crippen LogP contribution is -2.16. The van der Waals surface area contributed by atoms with Crippen molar-refractivity contribution < 1.29 is 4.74 Å². The highest BCUT2D eigenvalue weighted by Gasteiger charge is 1.98. The van der Waals surface area contributed by atoms with Crippen LogP contribution in [0.4, 0.5) is 0 Å². The van der Waals surface area contributed by atoms with Crippen molar-refractivity contribution in [3.8, 4) is 5.75 Å². The zero-order valence-corrected chi connectivity index (χ0v) is 11.9. The van der Waals surface area contributed by atoms with Gasteiger partial charge in [-0.2, -0.15) is 0 Å². The van der Waals surface area contributed by atoms with Crippen LogP contribution >= 0.6 is 22.9 Å². The number of benzene rings is 1. The molecule has 0 atom stereocenters. The summed E-state index contributed by atoms with van der Waals surface area (Å²) >= 11 is 7.53. The molecule has 1 heterocycles. The van der Waals surface area contributed by atoms with Gasteiger partial charge >= 0.3 is 0 Å². The van der Waals surface area contributed by atoms with Crippen LogP contribution in [-0.2, 0) is 13.0 Å². The van der Waals surface area contributed by atoms with Crippen molar-refractivity contribution in [3.05, 3.63) is 51.2 Å². The third kappa shape index (κ3) is 4.02. The first kappa shape index (κ1) is 13.4. The average Bonchev–Trinajstić information content (AvgIpc) is 2.81. The number of hydrogen-bond acceptors (Lipinski definition) is 3. The Balaban J connectivity index is 1.71. The Bertz CT molecular complexity index is 481. The van der Waals surface area contributed by atoms with Crippen LogP contribution in [0.5, 0.6) is 5.75 Å². The Labute approximate surface area is 117 Å². The molecule has 1 aromatic heterocycles. The standard InChI is InChI=1S/C14H16ClNOS/c1-17-12-4-2-11(3-5-12)10-16-9-8-13-6-7-14(15)18-13/h2-7,16H,8-10H2,1H3. The molecule has 0 saturated carbocycles. The summed E-state index contributed by atoms with van der Waals surface area (Å²) in [5, 5.41) is 3.42. The Kier molecular flexibility index (Phi) is 5.05. The van der Waals surface area contributed by atoms with Crippen LogP contribution in [0.15, 0.2) is 36.4 Å². The summed E-state index contributed by atoms with van der Waals surface area (Å²) < 4.78 is 5.98. The van der Waals surface area contributed by atoms with E-state index < -0.39 is 0 Å². The molecule has 2 aromatic rings. The SMILES string of the molecule is COc1ccc(CNCCc2ccc(Cl)s2)cc1. The van der Waals surface area contributed by atoms with Gasteiger partial charge in [-0.15, -0.1) is 11.3 Å². The minimum Gasteiger partial charge on any atom is -0.497 e. The number of ether oxygens (including phenoxy) is 1. The number of nitrogens with one attached hydrogen (secondary N) is 1. The molecule has 0 fully saturated rings. The molecule has 1 aromatic carbocycles. The van der Waals surface area contributed by atoms with E-state index in [2.05, 4.69) is 23.5 Å². The molecule has 2 rings (SSSR count). The molecule has 0 aliphatic rings. The van der Waals surface area contributed by atoms with Gasteiger partial charge in [0.1, 0.15) is 5.75 Å². The summed E-state index contributed by atoms with van der Waals surface area (Å²) in [7, 11) is 1.68. The lowest BCUT2D eigenvalue weighted by Gasteiger charge is -2.05. The molecule has 0 bridgehead atoms. The predicted molar refractivity (Wildman–Crippen MR) is 77.7 cm³/mol. The molecule has 0 aliphatic carbocycles. The van der Waals surface area contributed by atoms with Crippen LogP contribution in [0.25, 0.3) is 0 Å². The monoisotopic (exact) mass is 281 g/mol. The molecule has 96 valence electrons. The molecule has 0 aliphatic heterocycles. The summed E-state index contributed by atoms with van der Waals surface area (Å²) in [5.74, 6) is 0.895. The van der Waals surface area contributed by atoms with Gasteiger partial charge in [0.05, 0.1) is 11.4 Å². The fourth-order valence-electron chi connectivity index (χ4n) is 1.67. The van der Waals surface area contributed by atoms with Crippen LogP contribution in [0.3, 0.4) is 0 Å². The molecular weight excluding hydrogens is 266 g/mol. The van der Waals surface area contributed by atoms with Crippen molar-refractivity contribution in [2.24, 2.45) is 0 Å². The molecule has 18 heavy (non-hydrogen) atoms. The summed E-state index contributed by atoms with van der Waals surface area (Å²) in [5.41, 5.74) is 1.26. The van der Waals surface area contributed by atoms with E-state index in [4.69, 9.17) is 16.3 Å². The van der Waals surface area contributed by atoms with Crippen LogP contribution in [0.2, 0.25) is 4.34 Å². The van der Waals surface area contributed by atoms with E-state index in [9.17, 15) is 0 Å². The number of methoxy groups -OCH3 is 1. The first-order valence-corrected chi connectivity index (χ1v) is 7.05. The second kappa shape index (κ2) is 6.78. The Morgan fingerprint density at radius 2 is 1.94 bits per heavy atom. The summed E-state index contributed by atoms with van der Waals surface area (Å²) in [6.45, 7) is 1.84. The van der Waals surface area contributed by atoms with Crippen LogP contribution < -0.4 is 10.1 Å². The number of halogens is 1. The molecule has 0 saturated heterocycles. The number of hydrogen-bond donors (Lipinski definition) is 1. The second-order valence-electron chi connectivity index (χ2n) is 3.98. The van der Waals surface area contributed by atoms with Gasteiger partial charge in [0.25, 0.3) is 0 Å². The summed E-state index contributed by atoms with van der Waals surface area (Å²) in [6, 6.07) is 12.2. The maximum absolute atomic E-state index is 5.88. The molecule has 0 amide bonds. The third-order valence-corrected chi connectivity index (χ3v) is 3.96. The van der Waals surface area contributed by atoms with Crippen molar-refractivity contribution in [3.63, 3.8) is 0 Å². The molecule has 1 N–H and O–H groups in total. The Hall–Kier alpha value is -1.03. The fraction of sp³-hybridized carbons (Fsp3) is 0.286. The Morgan fingerprint density at radius 1 is 1.17 bits per heavy atom. The minimum atomic E-state index is 0.861. The summed E-state index contributed by atoms with van der Waals surface area (Å²) in [6.07, 6.45) is 1.02. The highest BCUT2D eigenvalue weighted by Crippen LogP contribution is 2.21. The van der Waals surface area contributed by atoms with Gasteiger partial charge in [-0.05, 0) is 36.2 Å². The zero-order valence-electron chi connectivity index (χ0n) is 10.3. The molecule has 0 spiro atoms. The van der Waals surface area contributed by atoms with Gasteiger partial charge in [-0.1, -0.05) is 23.7 Å². The highest BCUT2D eigenvalue weighted by atomic mass is 35.5. The van der Waals surface area contributed by atoms with Crippen molar-refractivity contribution in [2.45, 2.75) is 13.0 Å².